The molecule has 17 heavy (non-hydrogen) atoms. The van der Waals surface area contributed by atoms with Crippen molar-refractivity contribution in [2.75, 3.05) is 18.1 Å². The third-order valence-corrected chi connectivity index (χ3v) is 5.11. The molecule has 0 radical (unpaired) electrons. The van der Waals surface area contributed by atoms with Crippen LogP contribution in [-0.4, -0.2) is 30.0 Å². The second-order valence-corrected chi connectivity index (χ2v) is 6.58. The van der Waals surface area contributed by atoms with E-state index in [1.165, 1.54) is 30.8 Å². The Morgan fingerprint density at radius 2 is 1.88 bits per heavy atom. The molecule has 0 aromatic heterocycles. The number of nitrogens with one attached hydrogen (secondary N) is 1. The van der Waals surface area contributed by atoms with E-state index in [1.54, 1.807) is 0 Å². The summed E-state index contributed by atoms with van der Waals surface area (Å²) in [6, 6.07) is 0.0886. The van der Waals surface area contributed by atoms with E-state index in [0.717, 1.165) is 25.8 Å². The Morgan fingerprint density at radius 1 is 1.18 bits per heavy atom. The van der Waals surface area contributed by atoms with Gasteiger partial charge in [-0.1, -0.05) is 12.8 Å². The largest absolute Gasteiger partial charge is 0.356 e. The third kappa shape index (κ3) is 3.88. The fraction of sp³-hybridized carbons (Fsp3) is 0.923. The molecule has 1 heterocycles. The van der Waals surface area contributed by atoms with Crippen molar-refractivity contribution in [2.24, 2.45) is 17.6 Å². The molecule has 2 aliphatic rings. The predicted molar refractivity (Wildman–Crippen MR) is 73.0 cm³/mol. The summed E-state index contributed by atoms with van der Waals surface area (Å²) < 4.78 is 0. The molecule has 2 unspecified atom stereocenters. The average molecular weight is 256 g/mol. The Hall–Kier alpha value is -0.220. The SMILES string of the molecule is NC1CCCCC1C(=O)NCC1CCSCC1. The van der Waals surface area contributed by atoms with Gasteiger partial charge in [0.2, 0.25) is 5.91 Å². The molecule has 1 aliphatic carbocycles. The van der Waals surface area contributed by atoms with Crippen molar-refractivity contribution in [1.29, 1.82) is 0 Å². The van der Waals surface area contributed by atoms with Gasteiger partial charge in [0.25, 0.3) is 0 Å². The third-order valence-electron chi connectivity index (χ3n) is 4.06. The minimum absolute atomic E-state index is 0.0710. The van der Waals surface area contributed by atoms with Crippen molar-refractivity contribution >= 4 is 17.7 Å². The number of rotatable bonds is 3. The molecule has 98 valence electrons. The lowest BCUT2D eigenvalue weighted by molar-refractivity contribution is -0.126. The number of hydrogen-bond donors (Lipinski definition) is 2. The summed E-state index contributed by atoms with van der Waals surface area (Å²) in [6.07, 6.45) is 6.84. The van der Waals surface area contributed by atoms with E-state index in [9.17, 15) is 4.79 Å². The van der Waals surface area contributed by atoms with Crippen molar-refractivity contribution in [3.8, 4) is 0 Å². The van der Waals surface area contributed by atoms with Crippen LogP contribution < -0.4 is 11.1 Å². The van der Waals surface area contributed by atoms with Crippen LogP contribution >= 0.6 is 11.8 Å². The number of carbonyl (C=O) groups excluding carboxylic acids is 1. The number of hydrogen-bond acceptors (Lipinski definition) is 3. The summed E-state index contributed by atoms with van der Waals surface area (Å²) >= 11 is 2.03. The molecule has 3 N–H and O–H groups in total. The molecule has 1 amide bonds. The van der Waals surface area contributed by atoms with Crippen LogP contribution in [0.25, 0.3) is 0 Å². The van der Waals surface area contributed by atoms with Crippen molar-refractivity contribution in [3.05, 3.63) is 0 Å². The van der Waals surface area contributed by atoms with Gasteiger partial charge in [0.1, 0.15) is 0 Å². The van der Waals surface area contributed by atoms with E-state index in [4.69, 9.17) is 5.73 Å². The molecule has 4 heteroatoms. The van der Waals surface area contributed by atoms with E-state index < -0.39 is 0 Å². The van der Waals surface area contributed by atoms with Gasteiger partial charge in [-0.2, -0.15) is 11.8 Å². The number of amides is 1. The highest BCUT2D eigenvalue weighted by atomic mass is 32.2. The van der Waals surface area contributed by atoms with Crippen LogP contribution in [0.3, 0.4) is 0 Å². The standard InChI is InChI=1S/C13H24N2OS/c14-12-4-2-1-3-11(12)13(16)15-9-10-5-7-17-8-6-10/h10-12H,1-9,14H2,(H,15,16). The van der Waals surface area contributed by atoms with Crippen LogP contribution in [0, 0.1) is 11.8 Å². The van der Waals surface area contributed by atoms with Gasteiger partial charge in [0, 0.05) is 12.6 Å². The van der Waals surface area contributed by atoms with Gasteiger partial charge in [0.15, 0.2) is 0 Å². The minimum Gasteiger partial charge on any atom is -0.356 e. The first-order valence-corrected chi connectivity index (χ1v) is 8.04. The van der Waals surface area contributed by atoms with Crippen LogP contribution in [0.2, 0.25) is 0 Å². The maximum Gasteiger partial charge on any atom is 0.224 e. The van der Waals surface area contributed by atoms with E-state index in [0.29, 0.717) is 5.92 Å². The summed E-state index contributed by atoms with van der Waals surface area (Å²) in [7, 11) is 0. The molecule has 1 saturated heterocycles. The first-order valence-electron chi connectivity index (χ1n) is 6.88. The molecule has 0 aromatic rings. The lowest BCUT2D eigenvalue weighted by Crippen LogP contribution is -2.45. The molecule has 0 spiro atoms. The summed E-state index contributed by atoms with van der Waals surface area (Å²) in [5.74, 6) is 3.48. The van der Waals surface area contributed by atoms with E-state index in [1.807, 2.05) is 11.8 Å². The number of thioether (sulfide) groups is 1. The van der Waals surface area contributed by atoms with Crippen LogP contribution in [0.4, 0.5) is 0 Å². The fourth-order valence-electron chi connectivity index (χ4n) is 2.81. The maximum absolute atomic E-state index is 12.1. The average Bonchev–Trinajstić information content (AvgIpc) is 2.38. The molecule has 3 nitrogen and oxygen atoms in total. The van der Waals surface area contributed by atoms with Crippen LogP contribution in [0.15, 0.2) is 0 Å². The Morgan fingerprint density at radius 3 is 2.59 bits per heavy atom. The van der Waals surface area contributed by atoms with E-state index >= 15 is 0 Å². The molecular formula is C13H24N2OS. The Labute approximate surface area is 108 Å². The topological polar surface area (TPSA) is 55.1 Å². The van der Waals surface area contributed by atoms with Gasteiger partial charge in [-0.15, -0.1) is 0 Å². The van der Waals surface area contributed by atoms with Gasteiger partial charge in [-0.3, -0.25) is 4.79 Å². The Bertz CT molecular complexity index is 254. The monoisotopic (exact) mass is 256 g/mol. The summed E-state index contributed by atoms with van der Waals surface area (Å²) in [4.78, 5) is 12.1. The highest BCUT2D eigenvalue weighted by Crippen LogP contribution is 2.24. The van der Waals surface area contributed by atoms with Gasteiger partial charge in [0.05, 0.1) is 5.92 Å². The molecule has 0 bridgehead atoms. The molecule has 1 saturated carbocycles. The molecular weight excluding hydrogens is 232 g/mol. The molecule has 2 fully saturated rings. The van der Waals surface area contributed by atoms with Gasteiger partial charge in [-0.25, -0.2) is 0 Å². The quantitative estimate of drug-likeness (QED) is 0.809. The second-order valence-electron chi connectivity index (χ2n) is 5.36. The number of carbonyl (C=O) groups is 1. The number of nitrogens with two attached hydrogens (primary N) is 1. The molecule has 1 aliphatic heterocycles. The Kier molecular flexibility index (Phi) is 5.16. The first kappa shape index (κ1) is 13.2. The molecule has 2 rings (SSSR count). The van der Waals surface area contributed by atoms with Crippen molar-refractivity contribution in [3.63, 3.8) is 0 Å². The van der Waals surface area contributed by atoms with Crippen LogP contribution in [0.5, 0.6) is 0 Å². The summed E-state index contributed by atoms with van der Waals surface area (Å²) in [6.45, 7) is 0.864. The Balaban J connectivity index is 1.72. The van der Waals surface area contributed by atoms with Crippen LogP contribution in [0.1, 0.15) is 38.5 Å². The van der Waals surface area contributed by atoms with Crippen molar-refractivity contribution in [1.82, 2.24) is 5.32 Å². The van der Waals surface area contributed by atoms with Crippen LogP contribution in [-0.2, 0) is 4.79 Å². The first-order chi connectivity index (χ1) is 8.27. The van der Waals surface area contributed by atoms with E-state index in [-0.39, 0.29) is 17.9 Å². The predicted octanol–water partition coefficient (Wildman–Crippen LogP) is 1.76. The minimum atomic E-state index is 0.0710. The van der Waals surface area contributed by atoms with Crippen molar-refractivity contribution in [2.45, 2.75) is 44.6 Å². The smallest absolute Gasteiger partial charge is 0.224 e. The fourth-order valence-corrected chi connectivity index (χ4v) is 4.02. The van der Waals surface area contributed by atoms with Gasteiger partial charge < -0.3 is 11.1 Å². The molecule has 0 aromatic carbocycles. The zero-order chi connectivity index (χ0) is 12.1. The summed E-state index contributed by atoms with van der Waals surface area (Å²) in [5.41, 5.74) is 6.02. The summed E-state index contributed by atoms with van der Waals surface area (Å²) in [5, 5.41) is 3.12. The maximum atomic E-state index is 12.1. The lowest BCUT2D eigenvalue weighted by atomic mass is 9.84. The normalized spacial score (nSPS) is 31.1. The van der Waals surface area contributed by atoms with E-state index in [2.05, 4.69) is 5.32 Å². The van der Waals surface area contributed by atoms with Gasteiger partial charge in [-0.05, 0) is 43.1 Å². The zero-order valence-corrected chi connectivity index (χ0v) is 11.3. The zero-order valence-electron chi connectivity index (χ0n) is 10.5. The highest BCUT2D eigenvalue weighted by Gasteiger charge is 2.28. The highest BCUT2D eigenvalue weighted by molar-refractivity contribution is 7.99. The molecule has 2 atom stereocenters. The lowest BCUT2D eigenvalue weighted by Gasteiger charge is -2.28. The van der Waals surface area contributed by atoms with Crippen molar-refractivity contribution < 1.29 is 4.79 Å². The second kappa shape index (κ2) is 6.64. The van der Waals surface area contributed by atoms with Gasteiger partial charge >= 0.3 is 0 Å².